The molecule has 0 radical (unpaired) electrons. The van der Waals surface area contributed by atoms with E-state index in [9.17, 15) is 9.90 Å². The average Bonchev–Trinajstić information content (AvgIpc) is 2.34. The van der Waals surface area contributed by atoms with Gasteiger partial charge >= 0.3 is 0 Å². The molecule has 1 atom stereocenters. The van der Waals surface area contributed by atoms with E-state index in [0.29, 0.717) is 12.0 Å². The molecule has 1 unspecified atom stereocenters. The molecule has 0 amide bonds. The van der Waals surface area contributed by atoms with E-state index in [1.807, 2.05) is 48.5 Å². The van der Waals surface area contributed by atoms with Gasteiger partial charge in [0.2, 0.25) is 0 Å². The van der Waals surface area contributed by atoms with Gasteiger partial charge in [-0.1, -0.05) is 48.5 Å². The second-order valence-electron chi connectivity index (χ2n) is 7.80. The fourth-order valence-electron chi connectivity index (χ4n) is 2.32. The molecule has 22 heavy (non-hydrogen) atoms. The number of hydrogen-bond donors (Lipinski definition) is 2. The lowest BCUT2D eigenvalue weighted by Gasteiger charge is -2.28. The van der Waals surface area contributed by atoms with E-state index in [0.717, 1.165) is 11.1 Å². The minimum absolute atomic E-state index is 0. The maximum absolute atomic E-state index is 12.4. The number of ketones is 1. The summed E-state index contributed by atoms with van der Waals surface area (Å²) in [4.78, 5) is 12.4. The van der Waals surface area contributed by atoms with Gasteiger partial charge in [-0.3, -0.25) is 4.79 Å². The molecular weight excluding hydrogens is 298 g/mol. The lowest BCUT2D eigenvalue weighted by Crippen LogP contribution is -2.30. The summed E-state index contributed by atoms with van der Waals surface area (Å²) in [6.07, 6.45) is 0.607. The number of Topliss-reactive ketones (excluding diaryl/α,β-unsaturated/α-hetero) is 1. The first-order chi connectivity index (χ1) is 9.39. The molecule has 3 N–H and O–H groups in total. The van der Waals surface area contributed by atoms with Crippen LogP contribution in [0.5, 0.6) is 5.75 Å². The highest BCUT2D eigenvalue weighted by molar-refractivity contribution is 6.00. The molecule has 4 heteroatoms. The highest BCUT2D eigenvalue weighted by Crippen LogP contribution is 2.39. The summed E-state index contributed by atoms with van der Waals surface area (Å²) in [6.45, 7) is 14.1. The molecule has 1 rings (SSSR count). The number of phenolic OH excluding ortho intramolecular Hbond substituents is 1. The van der Waals surface area contributed by atoms with E-state index in [4.69, 9.17) is 5.73 Å². The Morgan fingerprint density at radius 3 is 1.73 bits per heavy atom. The topological polar surface area (TPSA) is 63.3 Å². The zero-order chi connectivity index (χ0) is 16.6. The number of aromatic hydroxyl groups is 1. The molecule has 0 saturated heterocycles. The molecule has 0 aliphatic carbocycles. The van der Waals surface area contributed by atoms with Crippen LogP contribution in [0.2, 0.25) is 0 Å². The maximum atomic E-state index is 12.4. The van der Waals surface area contributed by atoms with Crippen LogP contribution in [0, 0.1) is 0 Å². The number of hydrogen-bond acceptors (Lipinski definition) is 3. The molecule has 0 fully saturated rings. The van der Waals surface area contributed by atoms with Crippen LogP contribution in [0.3, 0.4) is 0 Å². The summed E-state index contributed by atoms with van der Waals surface area (Å²) in [6, 6.07) is 3.10. The van der Waals surface area contributed by atoms with Gasteiger partial charge in [0.1, 0.15) is 5.75 Å². The third-order valence-corrected chi connectivity index (χ3v) is 3.79. The predicted molar refractivity (Wildman–Crippen MR) is 95.4 cm³/mol. The third-order valence-electron chi connectivity index (χ3n) is 3.79. The van der Waals surface area contributed by atoms with Gasteiger partial charge in [0.05, 0.1) is 6.04 Å². The summed E-state index contributed by atoms with van der Waals surface area (Å²) in [5.74, 6) is 0.227. The van der Waals surface area contributed by atoms with Crippen LogP contribution in [0.15, 0.2) is 12.1 Å². The van der Waals surface area contributed by atoms with Crippen LogP contribution < -0.4 is 5.73 Å². The Morgan fingerprint density at radius 2 is 1.45 bits per heavy atom. The fraction of sp³-hybridized carbons (Fsp3) is 0.611. The van der Waals surface area contributed by atoms with Crippen LogP contribution in [-0.4, -0.2) is 16.9 Å². The molecule has 126 valence electrons. The van der Waals surface area contributed by atoms with Crippen molar-refractivity contribution in [2.24, 2.45) is 5.73 Å². The van der Waals surface area contributed by atoms with Gasteiger partial charge < -0.3 is 10.8 Å². The second-order valence-corrected chi connectivity index (χ2v) is 7.80. The number of nitrogens with two attached hydrogens (primary N) is 1. The van der Waals surface area contributed by atoms with E-state index < -0.39 is 6.04 Å². The Morgan fingerprint density at radius 1 is 1.09 bits per heavy atom. The number of carbonyl (C=O) groups excluding carboxylic acids is 1. The zero-order valence-corrected chi connectivity index (χ0v) is 15.6. The molecule has 0 aromatic heterocycles. The first-order valence-corrected chi connectivity index (χ1v) is 7.57. The first-order valence-electron chi connectivity index (χ1n) is 7.57. The fourth-order valence-corrected chi connectivity index (χ4v) is 2.32. The maximum Gasteiger partial charge on any atom is 0.179 e. The quantitative estimate of drug-likeness (QED) is 0.812. The van der Waals surface area contributed by atoms with Crippen molar-refractivity contribution in [3.8, 4) is 5.75 Å². The van der Waals surface area contributed by atoms with Gasteiger partial charge in [-0.05, 0) is 29.4 Å². The minimum Gasteiger partial charge on any atom is -0.507 e. The predicted octanol–water partition coefficient (Wildman–Crippen LogP) is 4.33. The number of halogens is 1. The van der Waals surface area contributed by atoms with E-state index in [-0.39, 0.29) is 34.8 Å². The lowest BCUT2D eigenvalue weighted by molar-refractivity contribution is 0.0959. The van der Waals surface area contributed by atoms with Gasteiger partial charge in [0.25, 0.3) is 0 Å². The van der Waals surface area contributed by atoms with Gasteiger partial charge in [-0.15, -0.1) is 12.4 Å². The van der Waals surface area contributed by atoms with Crippen molar-refractivity contribution in [2.75, 3.05) is 0 Å². The van der Waals surface area contributed by atoms with E-state index >= 15 is 0 Å². The first kappa shape index (κ1) is 20.9. The minimum atomic E-state index is -0.491. The summed E-state index contributed by atoms with van der Waals surface area (Å²) in [7, 11) is 0. The molecule has 0 spiro atoms. The van der Waals surface area contributed by atoms with Gasteiger partial charge in [-0.2, -0.15) is 0 Å². The summed E-state index contributed by atoms with van der Waals surface area (Å²) >= 11 is 0. The van der Waals surface area contributed by atoms with Crippen molar-refractivity contribution in [1.82, 2.24) is 0 Å². The highest BCUT2D eigenvalue weighted by Gasteiger charge is 2.28. The largest absolute Gasteiger partial charge is 0.507 e. The molecule has 0 saturated carbocycles. The van der Waals surface area contributed by atoms with E-state index in [1.54, 1.807) is 12.1 Å². The van der Waals surface area contributed by atoms with Crippen molar-refractivity contribution in [2.45, 2.75) is 71.8 Å². The van der Waals surface area contributed by atoms with Crippen LogP contribution in [0.4, 0.5) is 0 Å². The molecule has 1 aromatic carbocycles. The molecule has 3 nitrogen and oxygen atoms in total. The lowest BCUT2D eigenvalue weighted by atomic mass is 9.77. The monoisotopic (exact) mass is 327 g/mol. The Labute approximate surface area is 140 Å². The van der Waals surface area contributed by atoms with Crippen LogP contribution in [0.1, 0.15) is 76.4 Å². The van der Waals surface area contributed by atoms with Gasteiger partial charge in [0, 0.05) is 16.7 Å². The molecule has 0 aliphatic rings. The number of rotatable bonds is 3. The molecule has 0 bridgehead atoms. The van der Waals surface area contributed by atoms with Crippen LogP contribution >= 0.6 is 12.4 Å². The molecule has 0 aliphatic heterocycles. The van der Waals surface area contributed by atoms with E-state index in [1.165, 1.54) is 0 Å². The van der Waals surface area contributed by atoms with E-state index in [2.05, 4.69) is 0 Å². The van der Waals surface area contributed by atoms with Crippen molar-refractivity contribution in [1.29, 1.82) is 0 Å². The number of benzene rings is 1. The van der Waals surface area contributed by atoms with Crippen molar-refractivity contribution in [3.05, 3.63) is 28.8 Å². The van der Waals surface area contributed by atoms with Crippen molar-refractivity contribution >= 4 is 18.2 Å². The number of carbonyl (C=O) groups is 1. The summed E-state index contributed by atoms with van der Waals surface area (Å²) in [5, 5.41) is 10.6. The van der Waals surface area contributed by atoms with Gasteiger partial charge in [-0.25, -0.2) is 0 Å². The molecular formula is C18H30ClNO2. The normalized spacial score (nSPS) is 13.5. The van der Waals surface area contributed by atoms with Gasteiger partial charge in [0.15, 0.2) is 5.78 Å². The zero-order valence-electron chi connectivity index (χ0n) is 14.8. The van der Waals surface area contributed by atoms with Crippen LogP contribution in [0.25, 0.3) is 0 Å². The Bertz CT molecular complexity index is 504. The van der Waals surface area contributed by atoms with Crippen molar-refractivity contribution in [3.63, 3.8) is 0 Å². The Kier molecular flexibility index (Phi) is 6.67. The highest BCUT2D eigenvalue weighted by atomic mass is 35.5. The summed E-state index contributed by atoms with van der Waals surface area (Å²) < 4.78 is 0. The Hall–Kier alpha value is -1.06. The van der Waals surface area contributed by atoms with Crippen LogP contribution in [-0.2, 0) is 10.8 Å². The van der Waals surface area contributed by atoms with Crippen molar-refractivity contribution < 1.29 is 9.90 Å². The smallest absolute Gasteiger partial charge is 0.179 e. The molecule has 0 heterocycles. The average molecular weight is 328 g/mol. The number of phenols is 1. The Balaban J connectivity index is 0.00000441. The SMILES string of the molecule is CCC(N)C(=O)c1cc(C(C)(C)C)c(O)c(C(C)(C)C)c1.Cl. The standard InChI is InChI=1S/C18H29NO2.ClH/c1-8-14(19)15(20)11-9-12(17(2,3)4)16(21)13(10-11)18(5,6)7;/h9-10,14,21H,8,19H2,1-7H3;1H. The third kappa shape index (κ3) is 4.47. The second kappa shape index (κ2) is 7.01. The molecule has 1 aromatic rings. The summed E-state index contributed by atoms with van der Waals surface area (Å²) in [5.41, 5.74) is 7.59.